The normalized spacial score (nSPS) is 15.4. The van der Waals surface area contributed by atoms with Crippen molar-refractivity contribution in [2.75, 3.05) is 6.54 Å². The Labute approximate surface area is 209 Å². The molecule has 2 rings (SSSR count). The Hall–Kier alpha value is -3.48. The van der Waals surface area contributed by atoms with Gasteiger partial charge in [0.15, 0.2) is 0 Å². The van der Waals surface area contributed by atoms with Gasteiger partial charge in [-0.1, -0.05) is 18.2 Å². The maximum absolute atomic E-state index is 13.0. The second-order valence-corrected chi connectivity index (χ2v) is 8.81. The van der Waals surface area contributed by atoms with Crippen molar-refractivity contribution in [3.05, 3.63) is 36.0 Å². The van der Waals surface area contributed by atoms with Crippen molar-refractivity contribution in [1.82, 2.24) is 20.9 Å². The fourth-order valence-electron chi connectivity index (χ4n) is 3.69. The Balaban J connectivity index is 2.09. The summed E-state index contributed by atoms with van der Waals surface area (Å²) in [6.45, 7) is 2.94. The highest BCUT2D eigenvalue weighted by Gasteiger charge is 2.31. The first-order valence-corrected chi connectivity index (χ1v) is 11.9. The number of nitrogens with one attached hydrogen (secondary N) is 4. The number of unbranched alkanes of at least 4 members (excludes halogenated alkanes) is 1. The predicted octanol–water partition coefficient (Wildman–Crippen LogP) is -0.894. The van der Waals surface area contributed by atoms with Gasteiger partial charge >= 0.3 is 5.97 Å². The van der Waals surface area contributed by atoms with E-state index in [1.807, 2.05) is 24.3 Å². The molecule has 0 radical (unpaired) electrons. The van der Waals surface area contributed by atoms with Crippen LogP contribution < -0.4 is 27.4 Å². The number of carboxylic acids is 1. The first kappa shape index (κ1) is 28.8. The van der Waals surface area contributed by atoms with Gasteiger partial charge in [-0.2, -0.15) is 0 Å². The number of nitrogens with two attached hydrogens (primary N) is 2. The van der Waals surface area contributed by atoms with E-state index in [0.717, 1.165) is 16.5 Å². The Kier molecular flexibility index (Phi) is 10.8. The number of aromatic nitrogens is 1. The summed E-state index contributed by atoms with van der Waals surface area (Å²) < 4.78 is 0. The predicted molar refractivity (Wildman–Crippen MR) is 134 cm³/mol. The molecule has 0 aliphatic rings. The van der Waals surface area contributed by atoms with E-state index in [-0.39, 0.29) is 12.8 Å². The Morgan fingerprint density at radius 3 is 2.33 bits per heavy atom. The van der Waals surface area contributed by atoms with Crippen LogP contribution in [0, 0.1) is 0 Å². The lowest BCUT2D eigenvalue weighted by Crippen LogP contribution is -2.59. The average Bonchev–Trinajstić information content (AvgIpc) is 3.23. The van der Waals surface area contributed by atoms with Gasteiger partial charge in [0.1, 0.15) is 18.1 Å². The zero-order valence-corrected chi connectivity index (χ0v) is 20.5. The maximum Gasteiger partial charge on any atom is 0.325 e. The van der Waals surface area contributed by atoms with Gasteiger partial charge in [0.25, 0.3) is 0 Å². The third-order valence-electron chi connectivity index (χ3n) is 5.82. The average molecular weight is 505 g/mol. The summed E-state index contributed by atoms with van der Waals surface area (Å²) in [5, 5.41) is 27.3. The number of aliphatic carboxylic acids is 1. The van der Waals surface area contributed by atoms with Crippen LogP contribution in [0.15, 0.2) is 30.5 Å². The van der Waals surface area contributed by atoms with Crippen molar-refractivity contribution >= 4 is 34.6 Å². The van der Waals surface area contributed by atoms with E-state index in [1.165, 1.54) is 13.8 Å². The lowest BCUT2D eigenvalue weighted by Gasteiger charge is -2.26. The number of aliphatic hydroxyl groups is 1. The number of aliphatic hydroxyl groups excluding tert-OH is 1. The van der Waals surface area contributed by atoms with Crippen LogP contribution in [0.25, 0.3) is 10.9 Å². The number of para-hydroxylation sites is 1. The second kappa shape index (κ2) is 13.6. The van der Waals surface area contributed by atoms with E-state index < -0.39 is 54.0 Å². The first-order chi connectivity index (χ1) is 17.0. The number of carbonyl (C=O) groups is 4. The molecule has 1 aromatic heterocycles. The molecule has 10 N–H and O–H groups in total. The zero-order valence-electron chi connectivity index (χ0n) is 20.5. The molecule has 12 nitrogen and oxygen atoms in total. The minimum atomic E-state index is -1.42. The quantitative estimate of drug-likeness (QED) is 0.151. The molecular weight excluding hydrogens is 468 g/mol. The van der Waals surface area contributed by atoms with Gasteiger partial charge in [0, 0.05) is 17.1 Å². The van der Waals surface area contributed by atoms with Gasteiger partial charge < -0.3 is 42.6 Å². The standard InChI is InChI=1S/C24H36N6O6/c1-13(24(35)36)28-23(34)20(14(2)31)30-22(33)19(9-5-6-10-25)29-21(32)17(26)11-15-12-27-18-8-4-3-7-16(15)18/h3-4,7-8,12-14,17,19-20,27,31H,5-6,9-11,25-26H2,1-2H3,(H,28,34)(H,29,32)(H,30,33)(H,35,36). The van der Waals surface area contributed by atoms with Crippen molar-refractivity contribution in [2.45, 2.75) is 69.8 Å². The van der Waals surface area contributed by atoms with Gasteiger partial charge in [-0.05, 0) is 57.7 Å². The van der Waals surface area contributed by atoms with Gasteiger partial charge in [-0.15, -0.1) is 0 Å². The highest BCUT2D eigenvalue weighted by Crippen LogP contribution is 2.19. The Morgan fingerprint density at radius 1 is 1.00 bits per heavy atom. The van der Waals surface area contributed by atoms with Crippen molar-refractivity contribution < 1.29 is 29.4 Å². The van der Waals surface area contributed by atoms with Crippen LogP contribution in [-0.2, 0) is 25.6 Å². The third kappa shape index (κ3) is 8.04. The van der Waals surface area contributed by atoms with Gasteiger partial charge in [0.05, 0.1) is 12.1 Å². The molecule has 198 valence electrons. The molecule has 5 unspecified atom stereocenters. The van der Waals surface area contributed by atoms with Crippen LogP contribution in [0.3, 0.4) is 0 Å². The van der Waals surface area contributed by atoms with Crippen LogP contribution in [-0.4, -0.2) is 75.7 Å². The largest absolute Gasteiger partial charge is 0.480 e. The van der Waals surface area contributed by atoms with Crippen LogP contribution in [0.2, 0.25) is 0 Å². The molecule has 0 spiro atoms. The molecule has 3 amide bonds. The third-order valence-corrected chi connectivity index (χ3v) is 5.82. The summed E-state index contributed by atoms with van der Waals surface area (Å²) in [4.78, 5) is 52.5. The van der Waals surface area contributed by atoms with Crippen molar-refractivity contribution in [1.29, 1.82) is 0 Å². The topological polar surface area (TPSA) is 213 Å². The van der Waals surface area contributed by atoms with Crippen LogP contribution in [0.5, 0.6) is 0 Å². The number of benzene rings is 1. The van der Waals surface area contributed by atoms with Crippen LogP contribution in [0.4, 0.5) is 0 Å². The van der Waals surface area contributed by atoms with Crippen molar-refractivity contribution in [2.24, 2.45) is 11.5 Å². The summed E-state index contributed by atoms with van der Waals surface area (Å²) >= 11 is 0. The molecule has 1 heterocycles. The maximum atomic E-state index is 13.0. The molecule has 0 saturated heterocycles. The van der Waals surface area contributed by atoms with Crippen molar-refractivity contribution in [3.63, 3.8) is 0 Å². The van der Waals surface area contributed by atoms with E-state index in [2.05, 4.69) is 20.9 Å². The smallest absolute Gasteiger partial charge is 0.325 e. The van der Waals surface area contributed by atoms with E-state index in [4.69, 9.17) is 16.6 Å². The molecular formula is C24H36N6O6. The molecule has 2 aromatic rings. The first-order valence-electron chi connectivity index (χ1n) is 11.9. The molecule has 12 heteroatoms. The molecule has 0 saturated carbocycles. The Morgan fingerprint density at radius 2 is 1.69 bits per heavy atom. The number of hydrogen-bond donors (Lipinski definition) is 8. The Bertz CT molecular complexity index is 1050. The molecule has 0 fully saturated rings. The lowest BCUT2D eigenvalue weighted by molar-refractivity contribution is -0.142. The van der Waals surface area contributed by atoms with Gasteiger partial charge in [-0.25, -0.2) is 0 Å². The van der Waals surface area contributed by atoms with Crippen molar-refractivity contribution in [3.8, 4) is 0 Å². The zero-order chi connectivity index (χ0) is 26.8. The van der Waals surface area contributed by atoms with Crippen LogP contribution in [0.1, 0.15) is 38.7 Å². The summed E-state index contributed by atoms with van der Waals surface area (Å²) in [6.07, 6.45) is 2.06. The van der Waals surface area contributed by atoms with E-state index in [0.29, 0.717) is 19.4 Å². The molecule has 0 aliphatic carbocycles. The number of H-pyrrole nitrogens is 1. The highest BCUT2D eigenvalue weighted by molar-refractivity contribution is 5.94. The fraction of sp³-hybridized carbons (Fsp3) is 0.500. The van der Waals surface area contributed by atoms with E-state index in [9.17, 15) is 24.3 Å². The molecule has 0 aliphatic heterocycles. The number of aromatic amines is 1. The second-order valence-electron chi connectivity index (χ2n) is 8.81. The molecule has 36 heavy (non-hydrogen) atoms. The lowest BCUT2D eigenvalue weighted by atomic mass is 10.0. The summed E-state index contributed by atoms with van der Waals surface area (Å²) in [7, 11) is 0. The van der Waals surface area contributed by atoms with E-state index in [1.54, 1.807) is 6.20 Å². The minimum absolute atomic E-state index is 0.230. The number of amides is 3. The summed E-state index contributed by atoms with van der Waals surface area (Å²) in [5.41, 5.74) is 13.5. The van der Waals surface area contributed by atoms with Gasteiger partial charge in [0.2, 0.25) is 17.7 Å². The fourth-order valence-corrected chi connectivity index (χ4v) is 3.69. The SMILES string of the molecule is CC(NC(=O)C(NC(=O)C(CCCCN)NC(=O)C(N)Cc1c[nH]c2ccccc12)C(C)O)C(=O)O. The monoisotopic (exact) mass is 504 g/mol. The molecule has 1 aromatic carbocycles. The van der Waals surface area contributed by atoms with E-state index >= 15 is 0 Å². The number of fused-ring (bicyclic) bond motifs is 1. The minimum Gasteiger partial charge on any atom is -0.480 e. The molecule has 5 atom stereocenters. The number of carboxylic acid groups (broad SMARTS) is 1. The summed E-state index contributed by atoms with van der Waals surface area (Å²) in [6, 6.07) is 2.98. The number of rotatable bonds is 14. The summed E-state index contributed by atoms with van der Waals surface area (Å²) in [5.74, 6) is -3.39. The molecule has 0 bridgehead atoms. The number of carbonyl (C=O) groups excluding carboxylic acids is 3. The highest BCUT2D eigenvalue weighted by atomic mass is 16.4. The van der Waals surface area contributed by atoms with Crippen LogP contribution >= 0.6 is 0 Å². The number of hydrogen-bond acceptors (Lipinski definition) is 7. The van der Waals surface area contributed by atoms with Gasteiger partial charge in [-0.3, -0.25) is 19.2 Å².